The Hall–Kier alpha value is -1.02. The van der Waals surface area contributed by atoms with E-state index in [1.54, 1.807) is 0 Å². The molecule has 146 valence electrons. The fourth-order valence-corrected chi connectivity index (χ4v) is 4.07. The van der Waals surface area contributed by atoms with E-state index in [4.69, 9.17) is 0 Å². The van der Waals surface area contributed by atoms with Crippen molar-refractivity contribution in [3.8, 4) is 0 Å². The van der Waals surface area contributed by atoms with E-state index >= 15 is 0 Å². The van der Waals surface area contributed by atoms with Gasteiger partial charge in [-0.25, -0.2) is 0 Å². The van der Waals surface area contributed by atoms with Crippen molar-refractivity contribution in [1.29, 1.82) is 0 Å². The zero-order chi connectivity index (χ0) is 19.2. The molecular formula is C16H21F7O2. The van der Waals surface area contributed by atoms with Gasteiger partial charge in [-0.3, -0.25) is 4.79 Å². The first-order chi connectivity index (χ1) is 11.3. The predicted octanol–water partition coefficient (Wildman–Crippen LogP) is 5.07. The molecule has 25 heavy (non-hydrogen) atoms. The number of fused-ring (bicyclic) bond motifs is 2. The van der Waals surface area contributed by atoms with Crippen LogP contribution in [0, 0.1) is 29.6 Å². The zero-order valence-electron chi connectivity index (χ0n) is 13.9. The summed E-state index contributed by atoms with van der Waals surface area (Å²) in [5.41, 5.74) is 0. The number of carbonyl (C=O) groups excluding carboxylic acids is 1. The molecule has 0 aliphatic heterocycles. The minimum absolute atomic E-state index is 0.0214. The summed E-state index contributed by atoms with van der Waals surface area (Å²) >= 11 is 0. The Balaban J connectivity index is 1.90. The number of esters is 1. The van der Waals surface area contributed by atoms with Crippen LogP contribution in [0.2, 0.25) is 0 Å². The molecule has 2 aliphatic rings. The molecule has 0 saturated heterocycles. The van der Waals surface area contributed by atoms with Crippen LogP contribution in [0.4, 0.5) is 30.7 Å². The quantitative estimate of drug-likeness (QED) is 0.476. The lowest BCUT2D eigenvalue weighted by Gasteiger charge is -2.31. The van der Waals surface area contributed by atoms with Gasteiger partial charge in [0.15, 0.2) is 6.61 Å². The molecule has 0 radical (unpaired) electrons. The monoisotopic (exact) mass is 378 g/mol. The molecule has 0 N–H and O–H groups in total. The summed E-state index contributed by atoms with van der Waals surface area (Å²) in [5, 5.41) is 0. The highest BCUT2D eigenvalue weighted by Crippen LogP contribution is 2.55. The Morgan fingerprint density at radius 1 is 0.920 bits per heavy atom. The van der Waals surface area contributed by atoms with E-state index in [0.29, 0.717) is 12.3 Å². The van der Waals surface area contributed by atoms with Crippen molar-refractivity contribution in [1.82, 2.24) is 0 Å². The maximum Gasteiger partial charge on any atom is 0.389 e. The van der Waals surface area contributed by atoms with Crippen LogP contribution in [-0.4, -0.2) is 30.6 Å². The maximum absolute atomic E-state index is 13.6. The van der Waals surface area contributed by atoms with Crippen LogP contribution < -0.4 is 0 Å². The number of halogens is 7. The van der Waals surface area contributed by atoms with Crippen molar-refractivity contribution in [2.24, 2.45) is 29.6 Å². The summed E-state index contributed by atoms with van der Waals surface area (Å²) in [4.78, 5) is 12.0. The van der Waals surface area contributed by atoms with Gasteiger partial charge in [-0.1, -0.05) is 13.8 Å². The summed E-state index contributed by atoms with van der Waals surface area (Å²) in [5.74, 6) is -10.4. The van der Waals surface area contributed by atoms with E-state index in [2.05, 4.69) is 4.74 Å². The minimum atomic E-state index is -4.97. The van der Waals surface area contributed by atoms with Gasteiger partial charge >= 0.3 is 24.0 Å². The van der Waals surface area contributed by atoms with Gasteiger partial charge in [0.2, 0.25) is 0 Å². The van der Waals surface area contributed by atoms with Gasteiger partial charge in [-0.2, -0.15) is 30.7 Å². The predicted molar refractivity (Wildman–Crippen MR) is 74.2 cm³/mol. The molecule has 5 unspecified atom stereocenters. The molecule has 2 bridgehead atoms. The lowest BCUT2D eigenvalue weighted by molar-refractivity contribution is -0.245. The smallest absolute Gasteiger partial charge is 0.389 e. The molecule has 0 spiro atoms. The molecule has 0 aromatic rings. The number of rotatable bonds is 6. The molecule has 2 saturated carbocycles. The van der Waals surface area contributed by atoms with Gasteiger partial charge in [-0.05, 0) is 36.5 Å². The highest BCUT2D eigenvalue weighted by atomic mass is 19.4. The molecule has 5 atom stereocenters. The van der Waals surface area contributed by atoms with Crippen molar-refractivity contribution < 1.29 is 40.3 Å². The Morgan fingerprint density at radius 2 is 1.52 bits per heavy atom. The number of hydrogen-bond donors (Lipinski definition) is 0. The number of carbonyl (C=O) groups is 1. The average Bonchev–Trinajstić information content (AvgIpc) is 3.03. The molecule has 0 amide bonds. The molecule has 2 aliphatic carbocycles. The van der Waals surface area contributed by atoms with Crippen molar-refractivity contribution in [2.45, 2.75) is 57.6 Å². The highest BCUT2D eigenvalue weighted by molar-refractivity contribution is 5.73. The molecule has 9 heteroatoms. The van der Waals surface area contributed by atoms with Gasteiger partial charge in [0.05, 0.1) is 5.92 Å². The van der Waals surface area contributed by atoms with E-state index < -0.39 is 49.4 Å². The standard InChI is InChI=1S/C16H21F7O2/c1-8-9(2)11-5-10(8)6-12(11)13(24)25-7-15(19,20)14(17,18)3-4-16(21,22)23/h8-12H,3-7H2,1-2H3. The Labute approximate surface area is 141 Å². The molecular weight excluding hydrogens is 357 g/mol. The third-order valence-corrected chi connectivity index (χ3v) is 5.85. The van der Waals surface area contributed by atoms with Crippen molar-refractivity contribution in [3.63, 3.8) is 0 Å². The zero-order valence-corrected chi connectivity index (χ0v) is 13.9. The third-order valence-electron chi connectivity index (χ3n) is 5.85. The van der Waals surface area contributed by atoms with Gasteiger partial charge < -0.3 is 4.74 Å². The third kappa shape index (κ3) is 4.22. The minimum Gasteiger partial charge on any atom is -0.459 e. The molecule has 2 rings (SSSR count). The number of alkyl halides is 7. The van der Waals surface area contributed by atoms with Crippen molar-refractivity contribution in [3.05, 3.63) is 0 Å². The molecule has 0 heterocycles. The fraction of sp³-hybridized carbons (Fsp3) is 0.938. The summed E-state index contributed by atoms with van der Waals surface area (Å²) in [6, 6.07) is 0. The van der Waals surface area contributed by atoms with Gasteiger partial charge in [-0.15, -0.1) is 0 Å². The Bertz CT molecular complexity index is 501. The second-order valence-electron chi connectivity index (χ2n) is 7.35. The second kappa shape index (κ2) is 6.61. The lowest BCUT2D eigenvalue weighted by Crippen LogP contribution is -2.46. The van der Waals surface area contributed by atoms with Gasteiger partial charge in [0, 0.05) is 12.8 Å². The highest BCUT2D eigenvalue weighted by Gasteiger charge is 2.58. The fourth-order valence-electron chi connectivity index (χ4n) is 4.07. The Morgan fingerprint density at radius 3 is 2.00 bits per heavy atom. The van der Waals surface area contributed by atoms with Crippen LogP contribution in [0.15, 0.2) is 0 Å². The van der Waals surface area contributed by atoms with Gasteiger partial charge in [0.25, 0.3) is 0 Å². The maximum atomic E-state index is 13.6. The first-order valence-electron chi connectivity index (χ1n) is 8.24. The van der Waals surface area contributed by atoms with Crippen LogP contribution in [0.3, 0.4) is 0 Å². The average molecular weight is 378 g/mol. The van der Waals surface area contributed by atoms with Crippen molar-refractivity contribution >= 4 is 5.97 Å². The van der Waals surface area contributed by atoms with E-state index in [1.165, 1.54) is 0 Å². The summed E-state index contributed by atoms with van der Waals surface area (Å²) < 4.78 is 94.2. The van der Waals surface area contributed by atoms with Crippen LogP contribution >= 0.6 is 0 Å². The van der Waals surface area contributed by atoms with Crippen LogP contribution in [0.25, 0.3) is 0 Å². The van der Waals surface area contributed by atoms with Crippen LogP contribution in [0.5, 0.6) is 0 Å². The van der Waals surface area contributed by atoms with Crippen LogP contribution in [-0.2, 0) is 9.53 Å². The Kier molecular flexibility index (Phi) is 5.37. The van der Waals surface area contributed by atoms with E-state index in [0.717, 1.165) is 6.42 Å². The van der Waals surface area contributed by atoms with Gasteiger partial charge in [0.1, 0.15) is 0 Å². The van der Waals surface area contributed by atoms with E-state index in [-0.39, 0.29) is 17.8 Å². The van der Waals surface area contributed by atoms with Crippen LogP contribution in [0.1, 0.15) is 39.5 Å². The number of hydrogen-bond acceptors (Lipinski definition) is 2. The van der Waals surface area contributed by atoms with Crippen molar-refractivity contribution in [2.75, 3.05) is 6.61 Å². The topological polar surface area (TPSA) is 26.3 Å². The molecule has 0 aromatic carbocycles. The second-order valence-corrected chi connectivity index (χ2v) is 7.35. The summed E-state index contributed by atoms with van der Waals surface area (Å²) in [6.07, 6.45) is -7.80. The first-order valence-corrected chi connectivity index (χ1v) is 8.24. The number of ether oxygens (including phenoxy) is 1. The largest absolute Gasteiger partial charge is 0.459 e. The molecule has 0 aromatic heterocycles. The molecule has 2 nitrogen and oxygen atoms in total. The summed E-state index contributed by atoms with van der Waals surface area (Å²) in [6.45, 7) is 2.09. The lowest BCUT2D eigenvalue weighted by atomic mass is 9.76. The van der Waals surface area contributed by atoms with E-state index in [9.17, 15) is 35.5 Å². The SMILES string of the molecule is CC1C2CC(C(=O)OCC(F)(F)C(F)(F)CCC(F)(F)F)C(C2)C1C. The van der Waals surface area contributed by atoms with E-state index in [1.807, 2.05) is 13.8 Å². The summed E-state index contributed by atoms with van der Waals surface area (Å²) in [7, 11) is 0. The molecule has 2 fully saturated rings. The first kappa shape index (κ1) is 20.3. The normalized spacial score (nSPS) is 32.9.